The molecule has 0 bridgehead atoms. The van der Waals surface area contributed by atoms with E-state index in [0.717, 1.165) is 21.2 Å². The largest absolute Gasteiger partial charge is 0.480 e. The first-order chi connectivity index (χ1) is 10.5. The number of thioether (sulfide) groups is 1. The van der Waals surface area contributed by atoms with Crippen molar-refractivity contribution in [1.29, 1.82) is 0 Å². The van der Waals surface area contributed by atoms with E-state index in [-0.39, 0.29) is 5.91 Å². The maximum atomic E-state index is 12.3. The van der Waals surface area contributed by atoms with Crippen LogP contribution in [0.5, 0.6) is 5.75 Å². The van der Waals surface area contributed by atoms with E-state index in [1.54, 1.807) is 0 Å². The molecular weight excluding hydrogens is 318 g/mol. The highest BCUT2D eigenvalue weighted by Gasteiger charge is 2.20. The molecule has 0 unspecified atom stereocenters. The summed E-state index contributed by atoms with van der Waals surface area (Å²) in [7, 11) is 0. The van der Waals surface area contributed by atoms with Crippen molar-refractivity contribution in [2.24, 2.45) is 0 Å². The van der Waals surface area contributed by atoms with Crippen LogP contribution in [-0.2, 0) is 4.79 Å². The summed E-state index contributed by atoms with van der Waals surface area (Å²) in [6, 6.07) is 5.96. The Bertz CT molecular complexity index is 658. The summed E-state index contributed by atoms with van der Waals surface area (Å²) in [5, 5.41) is 11.2. The summed E-state index contributed by atoms with van der Waals surface area (Å²) >= 11 is 2.85. The predicted octanol–water partition coefficient (Wildman–Crippen LogP) is 3.67. The Morgan fingerprint density at radius 2 is 2.18 bits per heavy atom. The second kappa shape index (κ2) is 7.60. The number of rotatable bonds is 6. The third-order valence-corrected chi connectivity index (χ3v) is 4.90. The number of hydrogen-bond donors (Lipinski definition) is 1. The van der Waals surface area contributed by atoms with Gasteiger partial charge in [-0.15, -0.1) is 10.2 Å². The maximum Gasteiger partial charge on any atom is 0.267 e. The summed E-state index contributed by atoms with van der Waals surface area (Å²) in [6.07, 6.45) is 1.94. The molecule has 1 aromatic carbocycles. The van der Waals surface area contributed by atoms with E-state index in [0.29, 0.717) is 11.6 Å². The van der Waals surface area contributed by atoms with Crippen LogP contribution in [0.1, 0.15) is 24.5 Å². The molecule has 0 saturated heterocycles. The van der Waals surface area contributed by atoms with Gasteiger partial charge in [-0.05, 0) is 43.7 Å². The Hall–Kier alpha value is -1.60. The van der Waals surface area contributed by atoms with E-state index in [1.807, 2.05) is 45.2 Å². The maximum absolute atomic E-state index is 12.3. The number of aryl methyl sites for hydroxylation is 2. The van der Waals surface area contributed by atoms with Crippen molar-refractivity contribution < 1.29 is 9.53 Å². The zero-order valence-corrected chi connectivity index (χ0v) is 14.7. The number of hydrogen-bond acceptors (Lipinski definition) is 6. The van der Waals surface area contributed by atoms with Crippen LogP contribution in [0.25, 0.3) is 0 Å². The third-order valence-electron chi connectivity index (χ3n) is 3.09. The molecule has 1 amide bonds. The summed E-state index contributed by atoms with van der Waals surface area (Å²) < 4.78 is 6.70. The molecule has 0 aliphatic carbocycles. The van der Waals surface area contributed by atoms with Crippen molar-refractivity contribution in [1.82, 2.24) is 10.2 Å². The molecule has 22 heavy (non-hydrogen) atoms. The van der Waals surface area contributed by atoms with Gasteiger partial charge >= 0.3 is 0 Å². The number of carbonyl (C=O) groups excluding carboxylic acids is 1. The smallest absolute Gasteiger partial charge is 0.267 e. The van der Waals surface area contributed by atoms with Crippen LogP contribution in [-0.4, -0.2) is 28.5 Å². The number of benzene rings is 1. The van der Waals surface area contributed by atoms with Crippen LogP contribution in [0.3, 0.4) is 0 Å². The van der Waals surface area contributed by atoms with Gasteiger partial charge in [-0.1, -0.05) is 42.2 Å². The van der Waals surface area contributed by atoms with Crippen LogP contribution < -0.4 is 10.1 Å². The molecule has 0 spiro atoms. The van der Waals surface area contributed by atoms with Crippen molar-refractivity contribution in [3.8, 4) is 5.75 Å². The number of aromatic nitrogens is 2. The van der Waals surface area contributed by atoms with Crippen molar-refractivity contribution in [2.45, 2.75) is 37.6 Å². The van der Waals surface area contributed by atoms with Gasteiger partial charge in [-0.3, -0.25) is 10.1 Å². The highest BCUT2D eigenvalue weighted by molar-refractivity contribution is 8.00. The topological polar surface area (TPSA) is 64.1 Å². The Balaban J connectivity index is 2.07. The molecule has 7 heteroatoms. The Morgan fingerprint density at radius 1 is 1.41 bits per heavy atom. The van der Waals surface area contributed by atoms with Gasteiger partial charge in [-0.2, -0.15) is 0 Å². The third kappa shape index (κ3) is 4.20. The second-order valence-corrected chi connectivity index (χ2v) is 6.88. The molecule has 0 saturated carbocycles. The van der Waals surface area contributed by atoms with Gasteiger partial charge in [0, 0.05) is 0 Å². The lowest BCUT2D eigenvalue weighted by atomic mass is 10.1. The van der Waals surface area contributed by atoms with Gasteiger partial charge in [0.25, 0.3) is 5.91 Å². The van der Waals surface area contributed by atoms with Gasteiger partial charge in [0.15, 0.2) is 10.4 Å². The van der Waals surface area contributed by atoms with E-state index >= 15 is 0 Å². The molecule has 1 N–H and O–H groups in total. The monoisotopic (exact) mass is 337 g/mol. The van der Waals surface area contributed by atoms with Crippen LogP contribution in [0.2, 0.25) is 0 Å². The first kappa shape index (κ1) is 16.8. The Morgan fingerprint density at radius 3 is 2.82 bits per heavy atom. The number of nitrogens with one attached hydrogen (secondary N) is 1. The average Bonchev–Trinajstić information content (AvgIpc) is 2.95. The summed E-state index contributed by atoms with van der Waals surface area (Å²) in [4.78, 5) is 12.3. The number of amides is 1. The highest BCUT2D eigenvalue weighted by Crippen LogP contribution is 2.24. The van der Waals surface area contributed by atoms with Crippen molar-refractivity contribution >= 4 is 34.1 Å². The number of anilines is 1. The molecule has 1 heterocycles. The van der Waals surface area contributed by atoms with Crippen molar-refractivity contribution in [3.05, 3.63) is 29.3 Å². The zero-order chi connectivity index (χ0) is 16.1. The average molecular weight is 337 g/mol. The molecule has 5 nitrogen and oxygen atoms in total. The minimum absolute atomic E-state index is 0.202. The normalized spacial score (nSPS) is 12.0. The lowest BCUT2D eigenvalue weighted by Crippen LogP contribution is -2.32. The Kier molecular flexibility index (Phi) is 5.79. The van der Waals surface area contributed by atoms with E-state index in [4.69, 9.17) is 4.74 Å². The van der Waals surface area contributed by atoms with Crippen molar-refractivity contribution in [2.75, 3.05) is 11.6 Å². The molecule has 0 radical (unpaired) electrons. The summed E-state index contributed by atoms with van der Waals surface area (Å²) in [6.45, 7) is 5.89. The molecule has 0 aliphatic rings. The van der Waals surface area contributed by atoms with Gasteiger partial charge < -0.3 is 4.74 Å². The SMILES string of the molecule is CC[C@H](Oc1cc(C)ccc1C)C(=O)Nc1nnc(SC)s1. The highest BCUT2D eigenvalue weighted by atomic mass is 32.2. The van der Waals surface area contributed by atoms with Gasteiger partial charge in [-0.25, -0.2) is 0 Å². The van der Waals surface area contributed by atoms with E-state index in [1.165, 1.54) is 23.1 Å². The van der Waals surface area contributed by atoms with E-state index in [2.05, 4.69) is 15.5 Å². The standard InChI is InChI=1S/C15H19N3O2S2/c1-5-11(20-12-8-9(2)6-7-10(12)3)13(19)16-14-17-18-15(21-4)22-14/h6-8,11H,5H2,1-4H3,(H,16,17,19)/t11-/m0/s1. The molecule has 0 fully saturated rings. The minimum atomic E-state index is -0.554. The molecule has 118 valence electrons. The lowest BCUT2D eigenvalue weighted by molar-refractivity contribution is -0.122. The molecule has 1 aromatic heterocycles. The molecule has 1 atom stereocenters. The fourth-order valence-corrected chi connectivity index (χ4v) is 3.01. The fraction of sp³-hybridized carbons (Fsp3) is 0.400. The first-order valence-corrected chi connectivity index (χ1v) is 9.00. The molecule has 2 aromatic rings. The van der Waals surface area contributed by atoms with E-state index < -0.39 is 6.10 Å². The molecular formula is C15H19N3O2S2. The predicted molar refractivity (Wildman–Crippen MR) is 90.9 cm³/mol. The van der Waals surface area contributed by atoms with Crippen LogP contribution >= 0.6 is 23.1 Å². The molecule has 0 aliphatic heterocycles. The summed E-state index contributed by atoms with van der Waals surface area (Å²) in [5.74, 6) is 0.538. The van der Waals surface area contributed by atoms with E-state index in [9.17, 15) is 4.79 Å². The Labute approximate surface area is 138 Å². The van der Waals surface area contributed by atoms with Crippen LogP contribution in [0.4, 0.5) is 5.13 Å². The number of carbonyl (C=O) groups is 1. The summed E-state index contributed by atoms with van der Waals surface area (Å²) in [5.41, 5.74) is 2.11. The van der Waals surface area contributed by atoms with Crippen molar-refractivity contribution in [3.63, 3.8) is 0 Å². The lowest BCUT2D eigenvalue weighted by Gasteiger charge is -2.18. The quantitative estimate of drug-likeness (QED) is 0.643. The van der Waals surface area contributed by atoms with Crippen LogP contribution in [0.15, 0.2) is 22.5 Å². The number of nitrogens with zero attached hydrogens (tertiary/aromatic N) is 2. The second-order valence-electron chi connectivity index (χ2n) is 4.85. The van der Waals surface area contributed by atoms with Crippen LogP contribution in [0, 0.1) is 13.8 Å². The molecule has 2 rings (SSSR count). The van der Waals surface area contributed by atoms with Gasteiger partial charge in [0.05, 0.1) is 0 Å². The zero-order valence-electron chi connectivity index (χ0n) is 13.0. The fourth-order valence-electron chi connectivity index (χ4n) is 1.84. The number of ether oxygens (including phenoxy) is 1. The van der Waals surface area contributed by atoms with Gasteiger partial charge in [0.2, 0.25) is 5.13 Å². The van der Waals surface area contributed by atoms with Gasteiger partial charge in [0.1, 0.15) is 5.75 Å². The minimum Gasteiger partial charge on any atom is -0.480 e. The first-order valence-electron chi connectivity index (χ1n) is 6.95.